The van der Waals surface area contributed by atoms with Crippen molar-refractivity contribution in [2.45, 2.75) is 40.5 Å². The van der Waals surface area contributed by atoms with Gasteiger partial charge < -0.3 is 15.7 Å². The fourth-order valence-corrected chi connectivity index (χ4v) is 1.14. The van der Waals surface area contributed by atoms with E-state index in [1.54, 1.807) is 6.92 Å². The van der Waals surface area contributed by atoms with Crippen LogP contribution in [0, 0.1) is 11.3 Å². The van der Waals surface area contributed by atoms with Gasteiger partial charge >= 0.3 is 12.0 Å². The van der Waals surface area contributed by atoms with Gasteiger partial charge in [0.25, 0.3) is 0 Å². The molecule has 0 aromatic rings. The van der Waals surface area contributed by atoms with Crippen molar-refractivity contribution in [1.29, 1.82) is 0 Å². The number of carboxylic acid groups (broad SMARTS) is 1. The van der Waals surface area contributed by atoms with Gasteiger partial charge in [-0.05, 0) is 17.8 Å². The Hall–Kier alpha value is -1.26. The number of aliphatic carboxylic acids is 1. The average Bonchev–Trinajstić information content (AvgIpc) is 2.23. The Bertz CT molecular complexity index is 264. The summed E-state index contributed by atoms with van der Waals surface area (Å²) in [6, 6.07) is -0.233. The zero-order valence-electron chi connectivity index (χ0n) is 11.2. The minimum atomic E-state index is -0.841. The lowest BCUT2D eigenvalue weighted by Crippen LogP contribution is -2.42. The summed E-state index contributed by atoms with van der Waals surface area (Å²) in [5, 5.41) is 14.0. The van der Waals surface area contributed by atoms with Gasteiger partial charge in [-0.2, -0.15) is 0 Å². The third-order valence-corrected chi connectivity index (χ3v) is 2.82. The number of carbonyl (C=O) groups is 2. The van der Waals surface area contributed by atoms with E-state index in [0.29, 0.717) is 13.1 Å². The monoisotopic (exact) mass is 244 g/mol. The van der Waals surface area contributed by atoms with Crippen molar-refractivity contribution >= 4 is 12.0 Å². The maximum atomic E-state index is 11.4. The molecule has 0 aliphatic carbocycles. The first-order valence-corrected chi connectivity index (χ1v) is 6.00. The van der Waals surface area contributed by atoms with Crippen LogP contribution in [-0.4, -0.2) is 30.2 Å². The zero-order valence-corrected chi connectivity index (χ0v) is 11.2. The fraction of sp³-hybridized carbons (Fsp3) is 0.833. The van der Waals surface area contributed by atoms with Crippen LogP contribution < -0.4 is 10.6 Å². The van der Waals surface area contributed by atoms with Crippen LogP contribution in [0.2, 0.25) is 0 Å². The second-order valence-electron chi connectivity index (χ2n) is 5.28. The molecule has 2 amide bonds. The van der Waals surface area contributed by atoms with E-state index in [9.17, 15) is 9.59 Å². The van der Waals surface area contributed by atoms with E-state index in [1.165, 1.54) is 0 Å². The lowest BCUT2D eigenvalue weighted by atomic mass is 9.90. The predicted molar refractivity (Wildman–Crippen MR) is 66.9 cm³/mol. The summed E-state index contributed by atoms with van der Waals surface area (Å²) in [6.45, 7) is 9.03. The van der Waals surface area contributed by atoms with Crippen molar-refractivity contribution in [3.8, 4) is 0 Å². The Morgan fingerprint density at radius 3 is 2.35 bits per heavy atom. The van der Waals surface area contributed by atoms with E-state index < -0.39 is 5.97 Å². The summed E-state index contributed by atoms with van der Waals surface area (Å²) < 4.78 is 0. The topological polar surface area (TPSA) is 78.4 Å². The SMILES string of the molecule is CCC(C)(C)CNC(=O)NCC(C)CC(=O)O. The highest BCUT2D eigenvalue weighted by molar-refractivity contribution is 5.74. The number of hydrogen-bond acceptors (Lipinski definition) is 2. The highest BCUT2D eigenvalue weighted by Crippen LogP contribution is 2.17. The molecule has 5 nitrogen and oxygen atoms in total. The van der Waals surface area contributed by atoms with Gasteiger partial charge in [-0.3, -0.25) is 4.79 Å². The molecule has 0 rings (SSSR count). The van der Waals surface area contributed by atoms with E-state index in [0.717, 1.165) is 6.42 Å². The lowest BCUT2D eigenvalue weighted by Gasteiger charge is -2.23. The third kappa shape index (κ3) is 8.54. The van der Waals surface area contributed by atoms with Gasteiger partial charge in [0, 0.05) is 19.5 Å². The van der Waals surface area contributed by atoms with Crippen molar-refractivity contribution in [3.05, 3.63) is 0 Å². The van der Waals surface area contributed by atoms with Gasteiger partial charge in [0.15, 0.2) is 0 Å². The molecule has 0 spiro atoms. The standard InChI is InChI=1S/C12H24N2O3/c1-5-12(3,4)8-14-11(17)13-7-9(2)6-10(15)16/h9H,5-8H2,1-4H3,(H,15,16)(H2,13,14,17). The fourth-order valence-electron chi connectivity index (χ4n) is 1.14. The molecule has 17 heavy (non-hydrogen) atoms. The van der Waals surface area contributed by atoms with Gasteiger partial charge in [0.2, 0.25) is 0 Å². The molecule has 0 aliphatic rings. The van der Waals surface area contributed by atoms with Crippen molar-refractivity contribution in [3.63, 3.8) is 0 Å². The lowest BCUT2D eigenvalue weighted by molar-refractivity contribution is -0.137. The number of hydrogen-bond donors (Lipinski definition) is 3. The van der Waals surface area contributed by atoms with E-state index in [1.807, 2.05) is 0 Å². The van der Waals surface area contributed by atoms with E-state index in [2.05, 4.69) is 31.4 Å². The summed E-state index contributed by atoms with van der Waals surface area (Å²) in [5.74, 6) is -0.899. The van der Waals surface area contributed by atoms with Crippen molar-refractivity contribution < 1.29 is 14.7 Å². The highest BCUT2D eigenvalue weighted by Gasteiger charge is 2.16. The van der Waals surface area contributed by atoms with Gasteiger partial charge in [-0.25, -0.2) is 4.79 Å². The first-order valence-electron chi connectivity index (χ1n) is 6.00. The first-order chi connectivity index (χ1) is 7.76. The molecule has 0 fully saturated rings. The second kappa shape index (κ2) is 7.14. The summed E-state index contributed by atoms with van der Waals surface area (Å²) >= 11 is 0. The number of amides is 2. The van der Waals surface area contributed by atoms with Crippen LogP contribution in [0.15, 0.2) is 0 Å². The Morgan fingerprint density at radius 1 is 1.29 bits per heavy atom. The molecule has 0 aromatic carbocycles. The molecule has 5 heteroatoms. The molecule has 0 aliphatic heterocycles. The molecule has 0 saturated carbocycles. The Labute approximate surface area is 103 Å². The summed E-state index contributed by atoms with van der Waals surface area (Å²) in [7, 11) is 0. The molecule has 0 aromatic heterocycles. The number of nitrogens with one attached hydrogen (secondary N) is 2. The Balaban J connectivity index is 3.77. The van der Waals surface area contributed by atoms with Gasteiger partial charge in [0.05, 0.1) is 0 Å². The minimum Gasteiger partial charge on any atom is -0.481 e. The molecule has 100 valence electrons. The second-order valence-corrected chi connectivity index (χ2v) is 5.28. The number of carboxylic acids is 1. The van der Waals surface area contributed by atoms with Crippen LogP contribution in [-0.2, 0) is 4.79 Å². The van der Waals surface area contributed by atoms with Crippen LogP contribution in [0.5, 0.6) is 0 Å². The summed E-state index contributed by atoms with van der Waals surface area (Å²) in [4.78, 5) is 21.8. The molecule has 0 heterocycles. The minimum absolute atomic E-state index is 0.0579. The molecular weight excluding hydrogens is 220 g/mol. The van der Waals surface area contributed by atoms with Crippen LogP contribution in [0.3, 0.4) is 0 Å². The van der Waals surface area contributed by atoms with Gasteiger partial charge in [0.1, 0.15) is 0 Å². The van der Waals surface area contributed by atoms with E-state index >= 15 is 0 Å². The van der Waals surface area contributed by atoms with Gasteiger partial charge in [-0.1, -0.05) is 27.7 Å². The molecule has 1 atom stereocenters. The number of carbonyl (C=O) groups excluding carboxylic acids is 1. The van der Waals surface area contributed by atoms with E-state index in [4.69, 9.17) is 5.11 Å². The third-order valence-electron chi connectivity index (χ3n) is 2.82. The zero-order chi connectivity index (χ0) is 13.5. The molecule has 3 N–H and O–H groups in total. The van der Waals surface area contributed by atoms with Crippen LogP contribution >= 0.6 is 0 Å². The highest BCUT2D eigenvalue weighted by atomic mass is 16.4. The number of urea groups is 1. The van der Waals surface area contributed by atoms with Crippen LogP contribution in [0.25, 0.3) is 0 Å². The van der Waals surface area contributed by atoms with E-state index in [-0.39, 0.29) is 23.8 Å². The first kappa shape index (κ1) is 15.7. The molecule has 1 unspecified atom stereocenters. The molecule has 0 radical (unpaired) electrons. The molecule has 0 saturated heterocycles. The number of rotatable bonds is 7. The van der Waals surface area contributed by atoms with Crippen LogP contribution in [0.4, 0.5) is 4.79 Å². The average molecular weight is 244 g/mol. The quantitative estimate of drug-likeness (QED) is 0.639. The maximum Gasteiger partial charge on any atom is 0.314 e. The van der Waals surface area contributed by atoms with Crippen molar-refractivity contribution in [2.24, 2.45) is 11.3 Å². The van der Waals surface area contributed by atoms with Gasteiger partial charge in [-0.15, -0.1) is 0 Å². The van der Waals surface area contributed by atoms with Crippen molar-refractivity contribution in [2.75, 3.05) is 13.1 Å². The summed E-state index contributed by atoms with van der Waals surface area (Å²) in [6.07, 6.45) is 1.06. The largest absolute Gasteiger partial charge is 0.481 e. The summed E-state index contributed by atoms with van der Waals surface area (Å²) in [5.41, 5.74) is 0.0873. The Kier molecular flexibility index (Phi) is 6.61. The van der Waals surface area contributed by atoms with Crippen molar-refractivity contribution in [1.82, 2.24) is 10.6 Å². The predicted octanol–water partition coefficient (Wildman–Crippen LogP) is 1.83. The molecule has 0 bridgehead atoms. The van der Waals surface area contributed by atoms with Crippen LogP contribution in [0.1, 0.15) is 40.5 Å². The Morgan fingerprint density at radius 2 is 1.88 bits per heavy atom. The maximum absolute atomic E-state index is 11.4. The smallest absolute Gasteiger partial charge is 0.314 e. The normalized spacial score (nSPS) is 12.9. The molecular formula is C12H24N2O3.